The number of pyridine rings is 1. The lowest BCUT2D eigenvalue weighted by Gasteiger charge is -2.04. The number of benzene rings is 2. The van der Waals surface area contributed by atoms with Crippen LogP contribution in [0.1, 0.15) is 10.4 Å². The predicted molar refractivity (Wildman–Crippen MR) is 93.0 cm³/mol. The molecule has 0 bridgehead atoms. The number of fused-ring (bicyclic) bond motifs is 1. The Hall–Kier alpha value is -2.80. The first-order chi connectivity index (χ1) is 11.0. The predicted octanol–water partition coefficient (Wildman–Crippen LogP) is 4.09. The maximum atomic E-state index is 11.1. The fourth-order valence-corrected chi connectivity index (χ4v) is 2.45. The van der Waals surface area contributed by atoms with Crippen molar-refractivity contribution in [3.63, 3.8) is 0 Å². The van der Waals surface area contributed by atoms with E-state index in [1.807, 2.05) is 18.2 Å². The molecule has 2 aromatic carbocycles. The lowest BCUT2D eigenvalue weighted by molar-refractivity contribution is 0.100. The Morgan fingerprint density at radius 1 is 1.09 bits per heavy atom. The molecule has 0 aliphatic rings. The van der Waals surface area contributed by atoms with Gasteiger partial charge < -0.3 is 11.5 Å². The van der Waals surface area contributed by atoms with Gasteiger partial charge in [-0.25, -0.2) is 4.98 Å². The van der Waals surface area contributed by atoms with Crippen molar-refractivity contribution in [2.45, 2.75) is 0 Å². The zero-order chi connectivity index (χ0) is 16.4. The van der Waals surface area contributed by atoms with Gasteiger partial charge in [0, 0.05) is 27.0 Å². The first-order valence-corrected chi connectivity index (χ1v) is 7.49. The number of aromatic nitrogens is 1. The molecule has 0 radical (unpaired) electrons. The van der Waals surface area contributed by atoms with E-state index < -0.39 is 5.91 Å². The molecule has 0 fully saturated rings. The number of nitrogens with zero attached hydrogens (tertiary/aromatic N) is 3. The molecular weight excluding hydrogens is 358 g/mol. The van der Waals surface area contributed by atoms with Crippen LogP contribution in [0, 0.1) is 0 Å². The molecule has 0 aliphatic heterocycles. The van der Waals surface area contributed by atoms with Crippen LogP contribution in [0.5, 0.6) is 0 Å². The maximum absolute atomic E-state index is 11.1. The van der Waals surface area contributed by atoms with Gasteiger partial charge >= 0.3 is 0 Å². The molecule has 4 N–H and O–H groups in total. The summed E-state index contributed by atoms with van der Waals surface area (Å²) in [5.74, 6) is -0.186. The molecule has 1 amide bonds. The van der Waals surface area contributed by atoms with E-state index in [4.69, 9.17) is 11.5 Å². The van der Waals surface area contributed by atoms with Crippen molar-refractivity contribution in [1.29, 1.82) is 0 Å². The van der Waals surface area contributed by atoms with Gasteiger partial charge in [-0.2, -0.15) is 5.11 Å². The van der Waals surface area contributed by atoms with E-state index in [0.717, 1.165) is 15.2 Å². The molecule has 0 aliphatic carbocycles. The fraction of sp³-hybridized carbons (Fsp3) is 0. The lowest BCUT2D eigenvalue weighted by Crippen LogP contribution is -2.10. The van der Waals surface area contributed by atoms with E-state index in [1.54, 1.807) is 30.5 Å². The van der Waals surface area contributed by atoms with E-state index >= 15 is 0 Å². The number of primary amides is 1. The molecule has 0 atom stereocenters. The quantitative estimate of drug-likeness (QED) is 0.678. The van der Waals surface area contributed by atoms with Gasteiger partial charge in [-0.1, -0.05) is 22.0 Å². The maximum Gasteiger partial charge on any atom is 0.248 e. The summed E-state index contributed by atoms with van der Waals surface area (Å²) in [4.78, 5) is 15.2. The van der Waals surface area contributed by atoms with Gasteiger partial charge in [0.25, 0.3) is 0 Å². The standard InChI is InChI=1S/C16H12BrN5O/c17-11-4-1-10-8-20-15(18)14(13(10)7-11)22-21-12-5-2-9(3-6-12)16(19)23/h1-8H,(H2,18,20)(H2,19,23). The molecule has 0 spiro atoms. The molecule has 3 aromatic rings. The number of hydrogen-bond donors (Lipinski definition) is 2. The monoisotopic (exact) mass is 369 g/mol. The summed E-state index contributed by atoms with van der Waals surface area (Å²) in [6.45, 7) is 0. The summed E-state index contributed by atoms with van der Waals surface area (Å²) in [7, 11) is 0. The third-order valence-corrected chi connectivity index (χ3v) is 3.77. The number of azo groups is 1. The second kappa shape index (κ2) is 6.13. The van der Waals surface area contributed by atoms with Crippen LogP contribution in [0.4, 0.5) is 17.2 Å². The summed E-state index contributed by atoms with van der Waals surface area (Å²) in [5.41, 5.74) is 12.6. The number of carbonyl (C=O) groups excluding carboxylic acids is 1. The zero-order valence-electron chi connectivity index (χ0n) is 11.9. The highest BCUT2D eigenvalue weighted by molar-refractivity contribution is 9.10. The number of halogens is 1. The SMILES string of the molecule is NC(=O)c1ccc(N=Nc2c(N)ncc3ccc(Br)cc23)cc1. The number of rotatable bonds is 3. The molecule has 0 saturated carbocycles. The highest BCUT2D eigenvalue weighted by atomic mass is 79.9. The van der Waals surface area contributed by atoms with E-state index in [1.165, 1.54) is 0 Å². The summed E-state index contributed by atoms with van der Waals surface area (Å²) in [6.07, 6.45) is 1.69. The highest BCUT2D eigenvalue weighted by Crippen LogP contribution is 2.33. The van der Waals surface area contributed by atoms with Crippen LogP contribution in [0.2, 0.25) is 0 Å². The first-order valence-electron chi connectivity index (χ1n) is 6.70. The zero-order valence-corrected chi connectivity index (χ0v) is 13.5. The van der Waals surface area contributed by atoms with Crippen molar-refractivity contribution < 1.29 is 4.79 Å². The number of carbonyl (C=O) groups is 1. The minimum absolute atomic E-state index is 0.299. The van der Waals surface area contributed by atoms with E-state index in [-0.39, 0.29) is 0 Å². The van der Waals surface area contributed by atoms with Crippen LogP contribution in [0.15, 0.2) is 63.4 Å². The molecule has 3 rings (SSSR count). The molecule has 6 nitrogen and oxygen atoms in total. The average molecular weight is 370 g/mol. The molecule has 23 heavy (non-hydrogen) atoms. The summed E-state index contributed by atoms with van der Waals surface area (Å²) >= 11 is 3.43. The van der Waals surface area contributed by atoms with E-state index in [9.17, 15) is 4.79 Å². The number of anilines is 1. The van der Waals surface area contributed by atoms with Crippen molar-refractivity contribution in [2.75, 3.05) is 5.73 Å². The Kier molecular flexibility index (Phi) is 4.03. The van der Waals surface area contributed by atoms with Crippen LogP contribution < -0.4 is 11.5 Å². The Bertz CT molecular complexity index is 916. The second-order valence-electron chi connectivity index (χ2n) is 4.83. The highest BCUT2D eigenvalue weighted by Gasteiger charge is 2.07. The summed E-state index contributed by atoms with van der Waals surface area (Å²) in [5, 5.41) is 10.1. The molecule has 0 saturated heterocycles. The van der Waals surface area contributed by atoms with Crippen LogP contribution in [-0.4, -0.2) is 10.9 Å². The van der Waals surface area contributed by atoms with Gasteiger partial charge in [0.15, 0.2) is 5.82 Å². The number of nitrogens with two attached hydrogens (primary N) is 2. The molecule has 7 heteroatoms. The Labute approximate surface area is 140 Å². The fourth-order valence-electron chi connectivity index (χ4n) is 2.09. The van der Waals surface area contributed by atoms with Crippen molar-refractivity contribution in [2.24, 2.45) is 16.0 Å². The largest absolute Gasteiger partial charge is 0.382 e. The molecule has 0 unspecified atom stereocenters. The third kappa shape index (κ3) is 3.19. The van der Waals surface area contributed by atoms with Crippen LogP contribution in [0.3, 0.4) is 0 Å². The molecule has 1 aromatic heterocycles. The second-order valence-corrected chi connectivity index (χ2v) is 5.75. The first kappa shape index (κ1) is 15.1. The topological polar surface area (TPSA) is 107 Å². The molecule has 1 heterocycles. The van der Waals surface area contributed by atoms with Gasteiger partial charge in [-0.05, 0) is 36.4 Å². The van der Waals surface area contributed by atoms with Crippen LogP contribution in [-0.2, 0) is 0 Å². The Morgan fingerprint density at radius 3 is 2.52 bits per heavy atom. The van der Waals surface area contributed by atoms with Gasteiger partial charge in [-0.15, -0.1) is 5.11 Å². The van der Waals surface area contributed by atoms with Crippen molar-refractivity contribution in [3.8, 4) is 0 Å². The average Bonchev–Trinajstić information content (AvgIpc) is 2.54. The van der Waals surface area contributed by atoms with E-state index in [2.05, 4.69) is 31.1 Å². The summed E-state index contributed by atoms with van der Waals surface area (Å²) in [6, 6.07) is 12.3. The lowest BCUT2D eigenvalue weighted by atomic mass is 10.1. The number of amides is 1. The summed E-state index contributed by atoms with van der Waals surface area (Å²) < 4.78 is 0.915. The Morgan fingerprint density at radius 2 is 1.83 bits per heavy atom. The minimum atomic E-state index is -0.485. The minimum Gasteiger partial charge on any atom is -0.382 e. The van der Waals surface area contributed by atoms with E-state index in [0.29, 0.717) is 22.8 Å². The number of nitrogen functional groups attached to an aromatic ring is 1. The van der Waals surface area contributed by atoms with Crippen molar-refractivity contribution in [3.05, 3.63) is 58.7 Å². The van der Waals surface area contributed by atoms with Gasteiger partial charge in [0.1, 0.15) is 5.69 Å². The van der Waals surface area contributed by atoms with Crippen molar-refractivity contribution in [1.82, 2.24) is 4.98 Å². The smallest absolute Gasteiger partial charge is 0.248 e. The molecular formula is C16H12BrN5O. The third-order valence-electron chi connectivity index (χ3n) is 3.27. The Balaban J connectivity index is 2.01. The van der Waals surface area contributed by atoms with Crippen molar-refractivity contribution >= 4 is 49.8 Å². The van der Waals surface area contributed by atoms with Crippen LogP contribution in [0.25, 0.3) is 10.8 Å². The van der Waals surface area contributed by atoms with Gasteiger partial charge in [0.05, 0.1) is 5.69 Å². The molecule has 114 valence electrons. The number of hydrogen-bond acceptors (Lipinski definition) is 5. The van der Waals surface area contributed by atoms with Gasteiger partial charge in [0.2, 0.25) is 5.91 Å². The normalized spacial score (nSPS) is 11.2. The van der Waals surface area contributed by atoms with Gasteiger partial charge in [-0.3, -0.25) is 4.79 Å². The van der Waals surface area contributed by atoms with Crippen LogP contribution >= 0.6 is 15.9 Å².